The van der Waals surface area contributed by atoms with Crippen LogP contribution < -0.4 is 5.32 Å². The molecule has 1 unspecified atom stereocenters. The number of hydrogen-bond donors (Lipinski definition) is 4. The molecule has 0 aromatic heterocycles. The molecule has 0 rings (SSSR count). The summed E-state index contributed by atoms with van der Waals surface area (Å²) in [4.78, 5) is 21.6. The Bertz CT molecular complexity index is 255. The maximum absolute atomic E-state index is 11.4. The number of rotatable bonds is 11. The average molecular weight is 359 g/mol. The van der Waals surface area contributed by atoms with E-state index in [1.807, 2.05) is 0 Å². The molecule has 1 atom stereocenters. The van der Waals surface area contributed by atoms with E-state index in [2.05, 4.69) is 30.6 Å². The molecule has 0 radical (unpaired) electrons. The van der Waals surface area contributed by atoms with Crippen LogP contribution in [0.5, 0.6) is 0 Å². The summed E-state index contributed by atoms with van der Waals surface area (Å²) in [5.41, 5.74) is 0. The van der Waals surface area contributed by atoms with Gasteiger partial charge in [0.2, 0.25) is 5.91 Å². The number of nitrogens with one attached hydrogen (secondary N) is 1. The van der Waals surface area contributed by atoms with Gasteiger partial charge in [-0.1, -0.05) is 6.42 Å². The molecule has 0 bridgehead atoms. The topological polar surface area (TPSA) is 66.4 Å². The van der Waals surface area contributed by atoms with Crippen LogP contribution in [0.4, 0.5) is 0 Å². The van der Waals surface area contributed by atoms with E-state index in [4.69, 9.17) is 5.11 Å². The van der Waals surface area contributed by atoms with E-state index in [0.29, 0.717) is 24.6 Å². The first-order valence-corrected chi connectivity index (χ1v) is 7.48. The third kappa shape index (κ3) is 16.2. The first-order valence-electron chi connectivity index (χ1n) is 6.33. The van der Waals surface area contributed by atoms with Crippen molar-refractivity contribution < 1.29 is 34.2 Å². The SMILES string of the molecule is O=C(O)CCCNC(=O)CCCCC(S)CCS.[Zn]. The number of thiol groups is 2. The van der Waals surface area contributed by atoms with Gasteiger partial charge in [-0.25, -0.2) is 0 Å². The number of carbonyl (C=O) groups excluding carboxylic acids is 1. The maximum Gasteiger partial charge on any atom is 0.303 e. The summed E-state index contributed by atoms with van der Waals surface area (Å²) < 4.78 is 0. The predicted octanol–water partition coefficient (Wildman–Crippen LogP) is 2.14. The molecule has 0 aliphatic carbocycles. The Morgan fingerprint density at radius 2 is 1.79 bits per heavy atom. The van der Waals surface area contributed by atoms with Crippen molar-refractivity contribution in [2.75, 3.05) is 12.3 Å². The second-order valence-electron chi connectivity index (χ2n) is 4.26. The summed E-state index contributed by atoms with van der Waals surface area (Å²) in [6.45, 7) is 0.444. The van der Waals surface area contributed by atoms with Crippen molar-refractivity contribution in [2.45, 2.75) is 50.2 Å². The Balaban J connectivity index is 0. The van der Waals surface area contributed by atoms with Crippen molar-refractivity contribution in [1.29, 1.82) is 0 Å². The maximum atomic E-state index is 11.4. The number of unbranched alkanes of at least 4 members (excludes halogenated alkanes) is 1. The van der Waals surface area contributed by atoms with E-state index in [1.165, 1.54) is 0 Å². The molecule has 19 heavy (non-hydrogen) atoms. The number of carbonyl (C=O) groups is 2. The third-order valence-corrected chi connectivity index (χ3v) is 3.32. The second-order valence-corrected chi connectivity index (χ2v) is 5.44. The summed E-state index contributed by atoms with van der Waals surface area (Å²) in [5.74, 6) is 0.0247. The largest absolute Gasteiger partial charge is 0.481 e. The molecule has 0 heterocycles. The molecule has 0 aliphatic heterocycles. The van der Waals surface area contributed by atoms with Gasteiger partial charge in [0.25, 0.3) is 0 Å². The molecule has 2 N–H and O–H groups in total. The Hall–Kier alpha value is 0.263. The fourth-order valence-electron chi connectivity index (χ4n) is 1.51. The molecule has 7 heteroatoms. The number of carboxylic acid groups (broad SMARTS) is 1. The first-order chi connectivity index (χ1) is 8.56. The smallest absolute Gasteiger partial charge is 0.303 e. The minimum Gasteiger partial charge on any atom is -0.481 e. The molecule has 0 aliphatic rings. The molecular formula is C12H23NO3S2Zn. The Morgan fingerprint density at radius 3 is 2.37 bits per heavy atom. The molecule has 0 aromatic carbocycles. The number of hydrogen-bond acceptors (Lipinski definition) is 4. The predicted molar refractivity (Wildman–Crippen MR) is 79.6 cm³/mol. The number of carboxylic acids is 1. The molecule has 0 fully saturated rings. The minimum atomic E-state index is -0.826. The molecule has 0 aromatic rings. The van der Waals surface area contributed by atoms with Crippen molar-refractivity contribution in [3.05, 3.63) is 0 Å². The third-order valence-electron chi connectivity index (χ3n) is 2.54. The van der Waals surface area contributed by atoms with Gasteiger partial charge in [0.1, 0.15) is 0 Å². The zero-order chi connectivity index (χ0) is 13.8. The summed E-state index contributed by atoms with van der Waals surface area (Å²) in [7, 11) is 0. The fourth-order valence-corrected chi connectivity index (χ4v) is 2.34. The monoisotopic (exact) mass is 357 g/mol. The quantitative estimate of drug-likeness (QED) is 0.260. The molecule has 0 spiro atoms. The standard InChI is InChI=1S/C12H23NO3S2.Zn/c14-11(13-8-3-6-12(15)16)5-2-1-4-10(18)7-9-17;/h10,17-18H,1-9H2,(H,13,14)(H,15,16);. The van der Waals surface area contributed by atoms with Gasteiger partial charge >= 0.3 is 5.97 Å². The average Bonchev–Trinajstić information content (AvgIpc) is 2.30. The van der Waals surface area contributed by atoms with E-state index < -0.39 is 5.97 Å². The Kier molecular flexibility index (Phi) is 16.6. The van der Waals surface area contributed by atoms with Crippen molar-refractivity contribution >= 4 is 37.1 Å². The van der Waals surface area contributed by atoms with E-state index in [0.717, 1.165) is 31.4 Å². The summed E-state index contributed by atoms with van der Waals surface area (Å²) in [6, 6.07) is 0. The van der Waals surface area contributed by atoms with E-state index in [9.17, 15) is 9.59 Å². The van der Waals surface area contributed by atoms with Crippen molar-refractivity contribution in [2.24, 2.45) is 0 Å². The van der Waals surface area contributed by atoms with Crippen LogP contribution in [-0.4, -0.2) is 34.5 Å². The van der Waals surface area contributed by atoms with Crippen LogP contribution in [0.3, 0.4) is 0 Å². The molecular weight excluding hydrogens is 336 g/mol. The van der Waals surface area contributed by atoms with Gasteiger partial charge in [-0.3, -0.25) is 9.59 Å². The van der Waals surface area contributed by atoms with Crippen LogP contribution in [-0.2, 0) is 29.1 Å². The van der Waals surface area contributed by atoms with Gasteiger partial charge in [-0.15, -0.1) is 0 Å². The van der Waals surface area contributed by atoms with E-state index in [-0.39, 0.29) is 31.8 Å². The minimum absolute atomic E-state index is 0. The zero-order valence-corrected chi connectivity index (χ0v) is 16.1. The number of aliphatic carboxylic acids is 1. The summed E-state index contributed by atoms with van der Waals surface area (Å²) >= 11 is 8.56. The van der Waals surface area contributed by atoms with Crippen LogP contribution in [0.15, 0.2) is 0 Å². The van der Waals surface area contributed by atoms with Crippen LogP contribution >= 0.6 is 25.3 Å². The van der Waals surface area contributed by atoms with Gasteiger partial charge in [-0.05, 0) is 31.4 Å². The van der Waals surface area contributed by atoms with Crippen LogP contribution in [0.25, 0.3) is 0 Å². The van der Waals surface area contributed by atoms with E-state index in [1.54, 1.807) is 0 Å². The van der Waals surface area contributed by atoms with Gasteiger partial charge in [0, 0.05) is 44.1 Å². The van der Waals surface area contributed by atoms with Crippen molar-refractivity contribution in [3.8, 4) is 0 Å². The van der Waals surface area contributed by atoms with Gasteiger partial charge in [-0.2, -0.15) is 25.3 Å². The summed E-state index contributed by atoms with van der Waals surface area (Å²) in [5, 5.41) is 11.5. The molecule has 4 nitrogen and oxygen atoms in total. The van der Waals surface area contributed by atoms with Gasteiger partial charge < -0.3 is 10.4 Å². The Morgan fingerprint density at radius 1 is 1.11 bits per heavy atom. The second kappa shape index (κ2) is 14.7. The van der Waals surface area contributed by atoms with Crippen LogP contribution in [0, 0.1) is 0 Å². The van der Waals surface area contributed by atoms with Crippen molar-refractivity contribution in [3.63, 3.8) is 0 Å². The van der Waals surface area contributed by atoms with Crippen LogP contribution in [0.1, 0.15) is 44.9 Å². The zero-order valence-electron chi connectivity index (χ0n) is 11.3. The molecule has 108 valence electrons. The van der Waals surface area contributed by atoms with E-state index >= 15 is 0 Å². The molecule has 1 amide bonds. The van der Waals surface area contributed by atoms with Gasteiger partial charge in [0.05, 0.1) is 0 Å². The fraction of sp³-hybridized carbons (Fsp3) is 0.833. The van der Waals surface area contributed by atoms with Crippen LogP contribution in [0.2, 0.25) is 0 Å². The normalized spacial score (nSPS) is 11.5. The van der Waals surface area contributed by atoms with Gasteiger partial charge in [0.15, 0.2) is 0 Å². The van der Waals surface area contributed by atoms with Crippen molar-refractivity contribution in [1.82, 2.24) is 5.32 Å². The molecule has 0 saturated heterocycles. The Labute approximate surface area is 139 Å². The number of amides is 1. The first kappa shape index (κ1) is 21.6. The summed E-state index contributed by atoms with van der Waals surface area (Å²) in [6.07, 6.45) is 4.95. The molecule has 0 saturated carbocycles.